The Labute approximate surface area is 144 Å². The number of aliphatic hydroxyl groups is 3. The SMILES string of the molecule is C#CC#CC#CC#CC#CC#CCC(=O)[C@H](O)[C@H]1OC(=O)[C@@H](O)[C@H]1O. The van der Waals surface area contributed by atoms with E-state index in [-0.39, 0.29) is 6.42 Å². The lowest BCUT2D eigenvalue weighted by Gasteiger charge is -2.17. The van der Waals surface area contributed by atoms with Crippen molar-refractivity contribution in [3.8, 4) is 71.5 Å². The molecule has 1 aliphatic rings. The zero-order chi connectivity index (χ0) is 18.7. The fourth-order valence-corrected chi connectivity index (χ4v) is 1.56. The van der Waals surface area contributed by atoms with Gasteiger partial charge in [-0.3, -0.25) is 4.79 Å². The zero-order valence-electron chi connectivity index (χ0n) is 12.7. The van der Waals surface area contributed by atoms with E-state index in [9.17, 15) is 24.9 Å². The van der Waals surface area contributed by atoms with E-state index < -0.39 is 36.2 Å². The van der Waals surface area contributed by atoms with E-state index >= 15 is 0 Å². The quantitative estimate of drug-likeness (QED) is 0.393. The molecule has 6 nitrogen and oxygen atoms in total. The van der Waals surface area contributed by atoms with Gasteiger partial charge in [-0.2, -0.15) is 0 Å². The van der Waals surface area contributed by atoms with Crippen molar-refractivity contribution < 1.29 is 29.6 Å². The number of esters is 1. The molecule has 0 aromatic heterocycles. The van der Waals surface area contributed by atoms with Crippen LogP contribution in [-0.4, -0.2) is 51.5 Å². The van der Waals surface area contributed by atoms with Crippen LogP contribution in [0, 0.1) is 71.5 Å². The number of hydrogen-bond donors (Lipinski definition) is 3. The molecule has 1 aliphatic heterocycles. The molecule has 0 amide bonds. The second kappa shape index (κ2) is 10.2. The Kier molecular flexibility index (Phi) is 7.93. The standard InChI is InChI=1S/C19H10O6/c1-2-3-4-5-6-7-8-9-10-11-12-13-14(20)15(21)18-16(22)17(23)19(24)25-18/h1,15-18,21-23H,13H2/t15-,16+,17-,18+/m0/s1. The van der Waals surface area contributed by atoms with Crippen molar-refractivity contribution in [2.45, 2.75) is 30.8 Å². The molecule has 0 unspecified atom stereocenters. The number of ketones is 1. The van der Waals surface area contributed by atoms with Crippen molar-refractivity contribution in [2.24, 2.45) is 0 Å². The predicted octanol–water partition coefficient (Wildman–Crippen LogP) is -2.40. The van der Waals surface area contributed by atoms with Gasteiger partial charge in [0.05, 0.1) is 6.42 Å². The van der Waals surface area contributed by atoms with Gasteiger partial charge >= 0.3 is 5.97 Å². The van der Waals surface area contributed by atoms with E-state index in [2.05, 4.69) is 69.9 Å². The van der Waals surface area contributed by atoms with Crippen molar-refractivity contribution in [1.29, 1.82) is 0 Å². The van der Waals surface area contributed by atoms with Crippen molar-refractivity contribution in [3.63, 3.8) is 0 Å². The Morgan fingerprint density at radius 3 is 2.04 bits per heavy atom. The number of aliphatic hydroxyl groups excluding tert-OH is 3. The maximum atomic E-state index is 11.7. The maximum absolute atomic E-state index is 11.7. The lowest BCUT2D eigenvalue weighted by atomic mass is 10.0. The van der Waals surface area contributed by atoms with Crippen molar-refractivity contribution >= 4 is 11.8 Å². The molecule has 6 heteroatoms. The van der Waals surface area contributed by atoms with Gasteiger partial charge in [0.15, 0.2) is 24.1 Å². The van der Waals surface area contributed by atoms with Crippen molar-refractivity contribution in [2.75, 3.05) is 0 Å². The molecule has 3 N–H and O–H groups in total. The van der Waals surface area contributed by atoms with Crippen LogP contribution in [0.15, 0.2) is 0 Å². The second-order valence-corrected chi connectivity index (χ2v) is 4.37. The summed E-state index contributed by atoms with van der Waals surface area (Å²) in [7, 11) is 0. The number of Topliss-reactive ketones (excluding diaryl/α,β-unsaturated/α-hetero) is 1. The zero-order valence-corrected chi connectivity index (χ0v) is 12.7. The first kappa shape index (κ1) is 19.4. The number of cyclic esters (lactones) is 1. The van der Waals surface area contributed by atoms with Crippen LogP contribution in [0.4, 0.5) is 0 Å². The first-order chi connectivity index (χ1) is 12.0. The fourth-order valence-electron chi connectivity index (χ4n) is 1.56. The molecule has 1 saturated heterocycles. The summed E-state index contributed by atoms with van der Waals surface area (Å²) in [4.78, 5) is 22.7. The van der Waals surface area contributed by atoms with E-state index in [1.54, 1.807) is 0 Å². The lowest BCUT2D eigenvalue weighted by Crippen LogP contribution is -2.42. The van der Waals surface area contributed by atoms with Crippen LogP contribution in [0.5, 0.6) is 0 Å². The number of carbonyl (C=O) groups is 2. The van der Waals surface area contributed by atoms with Gasteiger partial charge in [0.25, 0.3) is 0 Å². The number of hydrogen-bond acceptors (Lipinski definition) is 6. The van der Waals surface area contributed by atoms with Crippen LogP contribution in [-0.2, 0) is 14.3 Å². The Morgan fingerprint density at radius 2 is 1.56 bits per heavy atom. The summed E-state index contributed by atoms with van der Waals surface area (Å²) >= 11 is 0. The van der Waals surface area contributed by atoms with Crippen molar-refractivity contribution in [1.82, 2.24) is 0 Å². The van der Waals surface area contributed by atoms with Gasteiger partial charge in [-0.05, 0) is 59.2 Å². The first-order valence-electron chi connectivity index (χ1n) is 6.70. The third-order valence-electron chi connectivity index (χ3n) is 2.72. The highest BCUT2D eigenvalue weighted by molar-refractivity contribution is 5.87. The van der Waals surface area contributed by atoms with Crippen molar-refractivity contribution in [3.05, 3.63) is 0 Å². The van der Waals surface area contributed by atoms with Gasteiger partial charge in [0, 0.05) is 0 Å². The third-order valence-corrected chi connectivity index (χ3v) is 2.72. The highest BCUT2D eigenvalue weighted by atomic mass is 16.6. The average molecular weight is 334 g/mol. The van der Waals surface area contributed by atoms with Crippen LogP contribution in [0.3, 0.4) is 0 Å². The summed E-state index contributed by atoms with van der Waals surface area (Å²) in [5.41, 5.74) is 0. The molecule has 0 saturated carbocycles. The number of rotatable bonds is 3. The van der Waals surface area contributed by atoms with E-state index in [1.165, 1.54) is 0 Å². The van der Waals surface area contributed by atoms with E-state index in [0.717, 1.165) is 0 Å². The van der Waals surface area contributed by atoms with Gasteiger partial charge in [-0.25, -0.2) is 4.79 Å². The Balaban J connectivity index is 2.51. The molecule has 1 heterocycles. The van der Waals surface area contributed by atoms with Gasteiger partial charge in [-0.1, -0.05) is 5.92 Å². The minimum absolute atomic E-state index is 0.387. The number of carbonyl (C=O) groups excluding carboxylic acids is 2. The summed E-state index contributed by atoms with van der Waals surface area (Å²) in [6, 6.07) is 0. The molecule has 0 aliphatic carbocycles. The molecular formula is C19H10O6. The van der Waals surface area contributed by atoms with E-state index in [0.29, 0.717) is 0 Å². The molecule has 0 radical (unpaired) electrons. The molecular weight excluding hydrogens is 324 g/mol. The molecule has 25 heavy (non-hydrogen) atoms. The topological polar surface area (TPSA) is 104 Å². The van der Waals surface area contributed by atoms with Gasteiger partial charge in [-0.15, -0.1) is 6.42 Å². The monoisotopic (exact) mass is 334 g/mol. The van der Waals surface area contributed by atoms with Crippen LogP contribution < -0.4 is 0 Å². The fraction of sp³-hybridized carbons (Fsp3) is 0.263. The van der Waals surface area contributed by atoms with E-state index in [4.69, 9.17) is 6.42 Å². The Hall–Kier alpha value is -3.62. The van der Waals surface area contributed by atoms with Crippen LogP contribution >= 0.6 is 0 Å². The third kappa shape index (κ3) is 6.18. The highest BCUT2D eigenvalue weighted by Gasteiger charge is 2.47. The molecule has 1 rings (SSSR count). The van der Waals surface area contributed by atoms with Crippen LogP contribution in [0.2, 0.25) is 0 Å². The number of ether oxygens (including phenoxy) is 1. The molecule has 122 valence electrons. The summed E-state index contributed by atoms with van der Waals surface area (Å²) < 4.78 is 4.54. The van der Waals surface area contributed by atoms with E-state index in [1.807, 2.05) is 0 Å². The van der Waals surface area contributed by atoms with Crippen LogP contribution in [0.25, 0.3) is 0 Å². The second-order valence-electron chi connectivity index (χ2n) is 4.37. The summed E-state index contributed by atoms with van der Waals surface area (Å²) in [5.74, 6) is 23.8. The molecule has 0 bridgehead atoms. The predicted molar refractivity (Wildman–Crippen MR) is 85.2 cm³/mol. The number of terminal acetylenes is 1. The largest absolute Gasteiger partial charge is 0.454 e. The lowest BCUT2D eigenvalue weighted by molar-refractivity contribution is -0.153. The molecule has 0 aromatic carbocycles. The minimum Gasteiger partial charge on any atom is -0.454 e. The summed E-state index contributed by atoms with van der Waals surface area (Å²) in [6.07, 6.45) is -2.29. The van der Waals surface area contributed by atoms with Gasteiger partial charge in [0.1, 0.15) is 6.10 Å². The average Bonchev–Trinajstić information content (AvgIpc) is 2.86. The van der Waals surface area contributed by atoms with Crippen LogP contribution in [0.1, 0.15) is 6.42 Å². The maximum Gasteiger partial charge on any atom is 0.338 e. The Bertz CT molecular complexity index is 896. The summed E-state index contributed by atoms with van der Waals surface area (Å²) in [6.45, 7) is 0. The first-order valence-corrected chi connectivity index (χ1v) is 6.70. The minimum atomic E-state index is -1.79. The normalized spacial score (nSPS) is 20.7. The summed E-state index contributed by atoms with van der Waals surface area (Å²) in [5, 5.41) is 28.4. The molecule has 4 atom stereocenters. The van der Waals surface area contributed by atoms with Gasteiger partial charge in [0.2, 0.25) is 0 Å². The smallest absolute Gasteiger partial charge is 0.338 e. The Morgan fingerprint density at radius 1 is 1.04 bits per heavy atom. The van der Waals surface area contributed by atoms with Gasteiger partial charge < -0.3 is 20.1 Å². The molecule has 1 fully saturated rings. The highest BCUT2D eigenvalue weighted by Crippen LogP contribution is 2.19. The molecule has 0 spiro atoms. The molecule has 0 aromatic rings.